The number of unbranched alkanes of at least 4 members (excludes halogenated alkanes) is 18. The van der Waals surface area contributed by atoms with Crippen LogP contribution in [-0.4, -0.2) is 98.3 Å². The summed E-state index contributed by atoms with van der Waals surface area (Å²) >= 11 is 0. The number of hydrogen-bond acceptors (Lipinski definition) is 12. The van der Waals surface area contributed by atoms with Crippen molar-refractivity contribution in [3.8, 4) is 0 Å². The summed E-state index contributed by atoms with van der Waals surface area (Å²) in [7, 11) is -5.11. The number of hydrogen-bond donors (Lipinski definition) is 6. The fraction of sp³-hybridized carbons (Fsp3) is 0.850. The second kappa shape index (κ2) is 31.4. The zero-order valence-electron chi connectivity index (χ0n) is 33.0. The number of phosphoric acid groups is 1. The van der Waals surface area contributed by atoms with Crippen molar-refractivity contribution in [1.29, 1.82) is 0 Å². The smallest absolute Gasteiger partial charge is 0.462 e. The van der Waals surface area contributed by atoms with Crippen molar-refractivity contribution >= 4 is 19.8 Å². The molecular formula is C40H73O13P. The molecule has 1 aliphatic rings. The Bertz CT molecular complexity index is 1050. The molecule has 1 saturated carbocycles. The third-order valence-corrected chi connectivity index (χ3v) is 10.6. The summed E-state index contributed by atoms with van der Waals surface area (Å²) in [6.45, 7) is 3.22. The first-order valence-electron chi connectivity index (χ1n) is 20.7. The molecule has 0 aliphatic heterocycles. The molecule has 316 valence electrons. The minimum atomic E-state index is -5.11. The standard InChI is InChI=1S/C40H73O13P/c1-3-5-7-9-11-13-15-16-17-18-19-21-23-25-27-29-34(42)52-32(30-50-33(41)28-26-24-22-20-14-12-10-8-6-4-2)31-51-54(48,49)53-40-38(46)36(44)35(43)37(45)39(40)47/h13,15-17,32,35-40,43-47H,3-12,14,18-31H2,1-2H3,(H,48,49)/b15-13+,17-16+/t32-,35?,36-,37?,38?,39?,40?/m1/s1. The molecule has 0 heterocycles. The summed E-state index contributed by atoms with van der Waals surface area (Å²) in [5.41, 5.74) is 0. The maximum atomic E-state index is 12.7. The fourth-order valence-electron chi connectivity index (χ4n) is 6.16. The van der Waals surface area contributed by atoms with Gasteiger partial charge in [0.05, 0.1) is 6.61 Å². The van der Waals surface area contributed by atoms with Crippen molar-refractivity contribution < 1.29 is 63.1 Å². The highest BCUT2D eigenvalue weighted by atomic mass is 31.2. The molecule has 13 nitrogen and oxygen atoms in total. The predicted molar refractivity (Wildman–Crippen MR) is 207 cm³/mol. The van der Waals surface area contributed by atoms with Crippen LogP contribution in [0.1, 0.15) is 162 Å². The van der Waals surface area contributed by atoms with Gasteiger partial charge in [-0.25, -0.2) is 4.57 Å². The molecule has 54 heavy (non-hydrogen) atoms. The summed E-state index contributed by atoms with van der Waals surface area (Å²) in [6.07, 6.45) is 18.2. The maximum Gasteiger partial charge on any atom is 0.472 e. The lowest BCUT2D eigenvalue weighted by molar-refractivity contribution is -0.220. The number of esters is 2. The van der Waals surface area contributed by atoms with Gasteiger partial charge >= 0.3 is 19.8 Å². The van der Waals surface area contributed by atoms with Crippen LogP contribution in [0.15, 0.2) is 24.3 Å². The van der Waals surface area contributed by atoms with Gasteiger partial charge in [-0.2, -0.15) is 0 Å². The average Bonchev–Trinajstić information content (AvgIpc) is 3.15. The van der Waals surface area contributed by atoms with Crippen LogP contribution in [-0.2, 0) is 32.7 Å². The third-order valence-electron chi connectivity index (χ3n) is 9.57. The topological polar surface area (TPSA) is 210 Å². The number of aliphatic hydroxyl groups is 5. The predicted octanol–water partition coefficient (Wildman–Crippen LogP) is 6.89. The number of allylic oxidation sites excluding steroid dienone is 4. The summed E-state index contributed by atoms with van der Waals surface area (Å²) in [5.74, 6) is -1.12. The van der Waals surface area contributed by atoms with Crippen molar-refractivity contribution in [2.24, 2.45) is 0 Å². The Kier molecular flexibility index (Phi) is 29.3. The van der Waals surface area contributed by atoms with Gasteiger partial charge in [-0.1, -0.05) is 134 Å². The number of aliphatic hydroxyl groups excluding tert-OH is 5. The Labute approximate surface area is 324 Å². The van der Waals surface area contributed by atoms with Crippen molar-refractivity contribution in [2.45, 2.75) is 204 Å². The second-order valence-electron chi connectivity index (χ2n) is 14.5. The SMILES string of the molecule is CCCCCC/C=C/C=C/CCCCCCCC(=O)O[C@H](COC(=O)CCCCCCCCCCCC)COP(=O)(O)OC1C(O)C(O)C(O)[C@@H](O)C1O. The molecule has 0 aromatic rings. The highest BCUT2D eigenvalue weighted by Gasteiger charge is 2.51. The van der Waals surface area contributed by atoms with Gasteiger partial charge in [-0.3, -0.25) is 18.6 Å². The van der Waals surface area contributed by atoms with E-state index in [9.17, 15) is 44.6 Å². The molecule has 0 bridgehead atoms. The normalized spacial score (nSPS) is 23.5. The van der Waals surface area contributed by atoms with Crippen molar-refractivity contribution in [2.75, 3.05) is 13.2 Å². The van der Waals surface area contributed by atoms with Gasteiger partial charge < -0.3 is 39.9 Å². The lowest BCUT2D eigenvalue weighted by Gasteiger charge is -2.41. The van der Waals surface area contributed by atoms with E-state index in [0.717, 1.165) is 57.8 Å². The molecular weight excluding hydrogens is 719 g/mol. The van der Waals surface area contributed by atoms with Gasteiger partial charge in [0, 0.05) is 12.8 Å². The molecule has 0 spiro atoms. The number of ether oxygens (including phenoxy) is 2. The molecule has 8 atom stereocenters. The molecule has 6 N–H and O–H groups in total. The first-order chi connectivity index (χ1) is 25.9. The van der Waals surface area contributed by atoms with Crippen molar-refractivity contribution in [1.82, 2.24) is 0 Å². The quantitative estimate of drug-likeness (QED) is 0.0173. The van der Waals surface area contributed by atoms with E-state index in [0.29, 0.717) is 12.8 Å². The highest BCUT2D eigenvalue weighted by molar-refractivity contribution is 7.47. The molecule has 1 aliphatic carbocycles. The number of carbonyl (C=O) groups is 2. The first-order valence-corrected chi connectivity index (χ1v) is 22.2. The van der Waals surface area contributed by atoms with Crippen LogP contribution in [0.2, 0.25) is 0 Å². The van der Waals surface area contributed by atoms with E-state index in [4.69, 9.17) is 18.5 Å². The van der Waals surface area contributed by atoms with E-state index in [1.165, 1.54) is 64.2 Å². The molecule has 1 rings (SSSR count). The Balaban J connectivity index is 2.53. The lowest BCUT2D eigenvalue weighted by atomic mass is 9.85. The zero-order chi connectivity index (χ0) is 40.0. The third kappa shape index (κ3) is 24.1. The van der Waals surface area contributed by atoms with Crippen LogP contribution in [0, 0.1) is 0 Å². The Morgan fingerprint density at radius 3 is 1.48 bits per heavy atom. The molecule has 0 aromatic heterocycles. The van der Waals surface area contributed by atoms with E-state index >= 15 is 0 Å². The Morgan fingerprint density at radius 1 is 0.574 bits per heavy atom. The van der Waals surface area contributed by atoms with Crippen LogP contribution >= 0.6 is 7.82 Å². The molecule has 6 unspecified atom stereocenters. The van der Waals surface area contributed by atoms with Gasteiger partial charge in [0.2, 0.25) is 0 Å². The number of phosphoric ester groups is 1. The van der Waals surface area contributed by atoms with Crippen LogP contribution in [0.4, 0.5) is 0 Å². The lowest BCUT2D eigenvalue weighted by Crippen LogP contribution is -2.64. The molecule has 0 radical (unpaired) electrons. The van der Waals surface area contributed by atoms with E-state index in [-0.39, 0.29) is 12.8 Å². The highest BCUT2D eigenvalue weighted by Crippen LogP contribution is 2.47. The van der Waals surface area contributed by atoms with E-state index in [1.54, 1.807) is 0 Å². The van der Waals surface area contributed by atoms with Crippen molar-refractivity contribution in [3.05, 3.63) is 24.3 Å². The summed E-state index contributed by atoms with van der Waals surface area (Å²) in [5, 5.41) is 50.0. The largest absolute Gasteiger partial charge is 0.472 e. The Hall–Kier alpha value is -1.67. The summed E-state index contributed by atoms with van der Waals surface area (Å²) in [4.78, 5) is 35.5. The minimum absolute atomic E-state index is 0.0812. The number of carbonyl (C=O) groups excluding carboxylic acids is 2. The van der Waals surface area contributed by atoms with Gasteiger partial charge in [-0.05, 0) is 38.5 Å². The number of rotatable bonds is 33. The van der Waals surface area contributed by atoms with Gasteiger partial charge in [0.25, 0.3) is 0 Å². The summed E-state index contributed by atoms with van der Waals surface area (Å²) in [6, 6.07) is 0. The molecule has 0 aromatic carbocycles. The van der Waals surface area contributed by atoms with Crippen LogP contribution in [0.25, 0.3) is 0 Å². The first kappa shape index (κ1) is 50.3. The van der Waals surface area contributed by atoms with Gasteiger partial charge in [0.1, 0.15) is 43.2 Å². The van der Waals surface area contributed by atoms with Crippen LogP contribution < -0.4 is 0 Å². The molecule has 14 heteroatoms. The summed E-state index contributed by atoms with van der Waals surface area (Å²) < 4.78 is 33.3. The van der Waals surface area contributed by atoms with Gasteiger partial charge in [0.15, 0.2) is 6.10 Å². The van der Waals surface area contributed by atoms with E-state index in [2.05, 4.69) is 38.2 Å². The zero-order valence-corrected chi connectivity index (χ0v) is 33.9. The van der Waals surface area contributed by atoms with Crippen LogP contribution in [0.5, 0.6) is 0 Å². The average molecular weight is 793 g/mol. The van der Waals surface area contributed by atoms with Crippen molar-refractivity contribution in [3.63, 3.8) is 0 Å². The van der Waals surface area contributed by atoms with E-state index in [1.807, 2.05) is 0 Å². The molecule has 0 amide bonds. The molecule has 1 fully saturated rings. The van der Waals surface area contributed by atoms with E-state index < -0.39 is 75.7 Å². The molecule has 0 saturated heterocycles. The van der Waals surface area contributed by atoms with Gasteiger partial charge in [-0.15, -0.1) is 0 Å². The Morgan fingerprint density at radius 2 is 0.981 bits per heavy atom. The minimum Gasteiger partial charge on any atom is -0.462 e. The maximum absolute atomic E-state index is 12.7. The monoisotopic (exact) mass is 792 g/mol. The van der Waals surface area contributed by atoms with Crippen LogP contribution in [0.3, 0.4) is 0 Å². The second-order valence-corrected chi connectivity index (χ2v) is 15.9. The fourth-order valence-corrected chi connectivity index (χ4v) is 7.13.